The third-order valence-corrected chi connectivity index (χ3v) is 4.38. The van der Waals surface area contributed by atoms with E-state index >= 15 is 0 Å². The Bertz CT molecular complexity index is 851. The van der Waals surface area contributed by atoms with Gasteiger partial charge >= 0.3 is 0 Å². The second kappa shape index (κ2) is 6.78. The molecule has 7 heteroatoms. The van der Waals surface area contributed by atoms with Crippen LogP contribution in [0.1, 0.15) is 30.3 Å². The number of hydrogen-bond acceptors (Lipinski definition) is 6. The van der Waals surface area contributed by atoms with Gasteiger partial charge in [-0.25, -0.2) is 14.4 Å². The summed E-state index contributed by atoms with van der Waals surface area (Å²) < 4.78 is 24.5. The maximum atomic E-state index is 13.1. The van der Waals surface area contributed by atoms with E-state index in [1.165, 1.54) is 18.4 Å². The second-order valence-electron chi connectivity index (χ2n) is 6.06. The smallest absolute Gasteiger partial charge is 0.249 e. The summed E-state index contributed by atoms with van der Waals surface area (Å²) in [5.41, 5.74) is 1.52. The molecule has 4 rings (SSSR count). The number of rotatable bonds is 4. The van der Waals surface area contributed by atoms with Crippen LogP contribution in [0, 0.1) is 5.82 Å². The Morgan fingerprint density at radius 2 is 1.92 bits per heavy atom. The molecule has 2 N–H and O–H groups in total. The lowest BCUT2D eigenvalue weighted by Crippen LogP contribution is -2.26. The van der Waals surface area contributed by atoms with Gasteiger partial charge in [0.25, 0.3) is 0 Å². The van der Waals surface area contributed by atoms with Crippen LogP contribution in [0.2, 0.25) is 0 Å². The molecule has 3 aromatic rings. The van der Waals surface area contributed by atoms with Crippen molar-refractivity contribution in [3.8, 4) is 22.9 Å². The highest BCUT2D eigenvalue weighted by Gasteiger charge is 2.23. The zero-order valence-electron chi connectivity index (χ0n) is 13.5. The molecule has 3 heterocycles. The van der Waals surface area contributed by atoms with Crippen LogP contribution < -0.4 is 5.32 Å². The third kappa shape index (κ3) is 3.20. The molecule has 1 aliphatic heterocycles. The van der Waals surface area contributed by atoms with Crippen molar-refractivity contribution >= 4 is 0 Å². The Morgan fingerprint density at radius 1 is 1.16 bits per heavy atom. The van der Waals surface area contributed by atoms with E-state index < -0.39 is 0 Å². The summed E-state index contributed by atoms with van der Waals surface area (Å²) in [6, 6.07) is 5.85. The van der Waals surface area contributed by atoms with E-state index in [1.54, 1.807) is 12.1 Å². The average molecular weight is 343 g/mol. The van der Waals surface area contributed by atoms with Crippen molar-refractivity contribution in [2.24, 2.45) is 0 Å². The third-order valence-electron chi connectivity index (χ3n) is 4.38. The van der Waals surface area contributed by atoms with E-state index in [1.807, 2.05) is 0 Å². The average Bonchev–Trinajstić information content (AvgIpc) is 3.30. The van der Waals surface area contributed by atoms with Crippen LogP contribution >= 0.6 is 0 Å². The van der Waals surface area contributed by atoms with Crippen LogP contribution in [0.25, 0.3) is 22.9 Å². The number of hydrogen-bond donors (Lipinski definition) is 2. The number of nitrogens with zero attached hydrogens (tertiary/aromatic N) is 2. The molecule has 1 saturated heterocycles. The van der Waals surface area contributed by atoms with Crippen LogP contribution in [-0.2, 0) is 6.61 Å². The fourth-order valence-corrected chi connectivity index (χ4v) is 3.04. The van der Waals surface area contributed by atoms with E-state index in [-0.39, 0.29) is 18.3 Å². The van der Waals surface area contributed by atoms with Gasteiger partial charge in [0.15, 0.2) is 17.3 Å². The number of piperidine rings is 1. The molecule has 0 radical (unpaired) electrons. The molecule has 6 nitrogen and oxygen atoms in total. The lowest BCUT2D eigenvalue weighted by atomic mass is 9.98. The summed E-state index contributed by atoms with van der Waals surface area (Å²) in [6.45, 7) is 1.62. The van der Waals surface area contributed by atoms with Crippen molar-refractivity contribution < 1.29 is 18.3 Å². The summed E-state index contributed by atoms with van der Waals surface area (Å²) in [5, 5.41) is 12.9. The normalized spacial score (nSPS) is 15.6. The predicted octanol–water partition coefficient (Wildman–Crippen LogP) is 3.10. The fraction of sp³-hybridized carbons (Fsp3) is 0.333. The highest BCUT2D eigenvalue weighted by atomic mass is 19.1. The zero-order chi connectivity index (χ0) is 17.2. The summed E-state index contributed by atoms with van der Waals surface area (Å²) in [7, 11) is 0. The zero-order valence-corrected chi connectivity index (χ0v) is 13.5. The van der Waals surface area contributed by atoms with Crippen molar-refractivity contribution in [1.29, 1.82) is 0 Å². The van der Waals surface area contributed by atoms with Gasteiger partial charge in [0.05, 0.1) is 6.61 Å². The van der Waals surface area contributed by atoms with Crippen molar-refractivity contribution in [2.45, 2.75) is 25.4 Å². The van der Waals surface area contributed by atoms with E-state index in [0.29, 0.717) is 34.5 Å². The predicted molar refractivity (Wildman–Crippen MR) is 88.2 cm³/mol. The minimum atomic E-state index is -0.336. The summed E-state index contributed by atoms with van der Waals surface area (Å²) in [4.78, 5) is 8.82. The number of aromatic nitrogens is 2. The summed E-state index contributed by atoms with van der Waals surface area (Å²) >= 11 is 0. The van der Waals surface area contributed by atoms with Crippen LogP contribution in [0.5, 0.6) is 0 Å². The molecular formula is C18H18FN3O3. The molecule has 0 aliphatic carbocycles. The molecule has 1 aromatic carbocycles. The number of nitrogens with one attached hydrogen (secondary N) is 1. The molecule has 2 aromatic heterocycles. The van der Waals surface area contributed by atoms with Crippen LogP contribution in [0.15, 0.2) is 39.4 Å². The first-order valence-electron chi connectivity index (χ1n) is 8.27. The molecular weight excluding hydrogens is 325 g/mol. The van der Waals surface area contributed by atoms with E-state index in [0.717, 1.165) is 25.9 Å². The second-order valence-corrected chi connectivity index (χ2v) is 6.06. The van der Waals surface area contributed by atoms with Gasteiger partial charge in [0.2, 0.25) is 5.89 Å². The van der Waals surface area contributed by atoms with Gasteiger partial charge in [-0.05, 0) is 50.2 Å². The first kappa shape index (κ1) is 16.0. The minimum Gasteiger partial charge on any atom is -0.448 e. The maximum absolute atomic E-state index is 13.1. The fourth-order valence-electron chi connectivity index (χ4n) is 3.04. The van der Waals surface area contributed by atoms with Gasteiger partial charge in [-0.1, -0.05) is 0 Å². The molecule has 0 amide bonds. The molecule has 0 bridgehead atoms. The van der Waals surface area contributed by atoms with Gasteiger partial charge in [-0.15, -0.1) is 0 Å². The Hall–Kier alpha value is -2.51. The lowest BCUT2D eigenvalue weighted by molar-refractivity contribution is 0.277. The van der Waals surface area contributed by atoms with Gasteiger partial charge in [-0.2, -0.15) is 0 Å². The van der Waals surface area contributed by atoms with Crippen LogP contribution in [0.3, 0.4) is 0 Å². The maximum Gasteiger partial charge on any atom is 0.249 e. The standard InChI is InChI=1S/C18H18FN3O3/c19-13-3-1-11(2-4-13)16-14(9-23)21-18(25-16)15-10-24-17(22-15)12-5-7-20-8-6-12/h1-4,10,12,20,23H,5-9H2. The van der Waals surface area contributed by atoms with Crippen LogP contribution in [0.4, 0.5) is 4.39 Å². The highest BCUT2D eigenvalue weighted by Crippen LogP contribution is 2.32. The quantitative estimate of drug-likeness (QED) is 0.757. The number of benzene rings is 1. The molecule has 0 atom stereocenters. The highest BCUT2D eigenvalue weighted by molar-refractivity contribution is 5.62. The molecule has 0 unspecified atom stereocenters. The number of aliphatic hydroxyl groups excluding tert-OH is 1. The molecule has 0 saturated carbocycles. The molecule has 0 spiro atoms. The minimum absolute atomic E-state index is 0.283. The molecule has 1 aliphatic rings. The van der Waals surface area contributed by atoms with Gasteiger partial charge in [0, 0.05) is 11.5 Å². The van der Waals surface area contributed by atoms with Crippen molar-refractivity contribution in [3.63, 3.8) is 0 Å². The van der Waals surface area contributed by atoms with Crippen molar-refractivity contribution in [2.75, 3.05) is 13.1 Å². The first-order chi connectivity index (χ1) is 12.2. The van der Waals surface area contributed by atoms with Crippen molar-refractivity contribution in [3.05, 3.63) is 47.9 Å². The Labute approximate surface area is 143 Å². The summed E-state index contributed by atoms with van der Waals surface area (Å²) in [6.07, 6.45) is 3.49. The SMILES string of the molecule is OCc1nc(-c2coc(C3CCNCC3)n2)oc1-c1ccc(F)cc1. The number of aliphatic hydroxyl groups is 1. The molecule has 130 valence electrons. The van der Waals surface area contributed by atoms with Gasteiger partial charge in [-0.3, -0.25) is 0 Å². The first-order valence-corrected chi connectivity index (χ1v) is 8.27. The van der Waals surface area contributed by atoms with E-state index in [4.69, 9.17) is 8.83 Å². The number of oxazole rings is 2. The molecule has 1 fully saturated rings. The summed E-state index contributed by atoms with van der Waals surface area (Å²) in [5.74, 6) is 1.33. The van der Waals surface area contributed by atoms with E-state index in [9.17, 15) is 9.50 Å². The Balaban J connectivity index is 1.65. The van der Waals surface area contributed by atoms with Gasteiger partial charge in [0.1, 0.15) is 17.8 Å². The monoisotopic (exact) mass is 343 g/mol. The largest absolute Gasteiger partial charge is 0.448 e. The Morgan fingerprint density at radius 3 is 2.64 bits per heavy atom. The number of halogens is 1. The van der Waals surface area contributed by atoms with Crippen molar-refractivity contribution in [1.82, 2.24) is 15.3 Å². The van der Waals surface area contributed by atoms with Gasteiger partial charge < -0.3 is 19.3 Å². The Kier molecular flexibility index (Phi) is 4.33. The van der Waals surface area contributed by atoms with Crippen LogP contribution in [-0.4, -0.2) is 28.2 Å². The van der Waals surface area contributed by atoms with E-state index in [2.05, 4.69) is 15.3 Å². The topological polar surface area (TPSA) is 84.3 Å². The molecule has 25 heavy (non-hydrogen) atoms. The lowest BCUT2D eigenvalue weighted by Gasteiger charge is -2.19.